The molecule has 1 aliphatic rings. The molecule has 0 radical (unpaired) electrons. The number of nitrogens with one attached hydrogen (secondary N) is 2. The van der Waals surface area contributed by atoms with E-state index in [0.29, 0.717) is 5.52 Å². The fourth-order valence-electron chi connectivity index (χ4n) is 4.38. The number of hydrogen-bond acceptors (Lipinski definition) is 4. The normalized spacial score (nSPS) is 15.5. The molecular formula is C23H21N3O3S. The Morgan fingerprint density at radius 2 is 1.83 bits per heavy atom. The zero-order valence-corrected chi connectivity index (χ0v) is 17.5. The van der Waals surface area contributed by atoms with Gasteiger partial charge in [0, 0.05) is 53.5 Å². The van der Waals surface area contributed by atoms with Crippen molar-refractivity contribution in [3.8, 4) is 11.1 Å². The van der Waals surface area contributed by atoms with Crippen molar-refractivity contribution < 1.29 is 8.42 Å². The van der Waals surface area contributed by atoms with Gasteiger partial charge in [-0.15, -0.1) is 0 Å². The zero-order valence-electron chi connectivity index (χ0n) is 16.6. The number of aromatic amines is 1. The van der Waals surface area contributed by atoms with E-state index in [1.54, 1.807) is 6.20 Å². The number of aryl methyl sites for hydroxylation is 1. The van der Waals surface area contributed by atoms with E-state index in [-0.39, 0.29) is 17.4 Å². The Labute approximate surface area is 174 Å². The molecule has 152 valence electrons. The second-order valence-electron chi connectivity index (χ2n) is 7.89. The molecule has 1 atom stereocenters. The SMILES string of the molecule is Cn1cc2c3c(c[nH]c(=O)c31)C(c1ccccc1)Nc1ccc(CS(C)(=O)=O)cc1-2. The third kappa shape index (κ3) is 3.02. The third-order valence-corrected chi connectivity index (χ3v) is 6.45. The van der Waals surface area contributed by atoms with Crippen LogP contribution in [0.15, 0.2) is 65.7 Å². The smallest absolute Gasteiger partial charge is 0.272 e. The van der Waals surface area contributed by atoms with Crippen molar-refractivity contribution >= 4 is 26.4 Å². The highest BCUT2D eigenvalue weighted by Crippen LogP contribution is 2.44. The molecule has 30 heavy (non-hydrogen) atoms. The first-order valence-corrected chi connectivity index (χ1v) is 11.7. The van der Waals surface area contributed by atoms with Gasteiger partial charge in [-0.1, -0.05) is 36.4 Å². The van der Waals surface area contributed by atoms with Gasteiger partial charge in [0.15, 0.2) is 9.84 Å². The number of rotatable bonds is 3. The van der Waals surface area contributed by atoms with Crippen molar-refractivity contribution in [3.63, 3.8) is 0 Å². The molecule has 2 aromatic heterocycles. The number of fused-ring (bicyclic) bond motifs is 2. The molecule has 0 aliphatic carbocycles. The fraction of sp³-hybridized carbons (Fsp3) is 0.174. The number of nitrogens with zero attached hydrogens (tertiary/aromatic N) is 1. The minimum atomic E-state index is -3.16. The molecule has 2 N–H and O–H groups in total. The van der Waals surface area contributed by atoms with Crippen molar-refractivity contribution in [2.45, 2.75) is 11.8 Å². The highest BCUT2D eigenvalue weighted by atomic mass is 32.2. The lowest BCUT2D eigenvalue weighted by molar-refractivity contribution is 0.601. The van der Waals surface area contributed by atoms with Crippen LogP contribution in [0.2, 0.25) is 0 Å². The van der Waals surface area contributed by atoms with E-state index in [1.165, 1.54) is 6.26 Å². The summed E-state index contributed by atoms with van der Waals surface area (Å²) in [6.07, 6.45) is 4.96. The van der Waals surface area contributed by atoms with Gasteiger partial charge in [0.25, 0.3) is 5.56 Å². The first-order valence-electron chi connectivity index (χ1n) is 9.65. The second-order valence-corrected chi connectivity index (χ2v) is 10.0. The molecule has 1 unspecified atom stereocenters. The van der Waals surface area contributed by atoms with Gasteiger partial charge in [-0.05, 0) is 23.3 Å². The summed E-state index contributed by atoms with van der Waals surface area (Å²) in [6.45, 7) is 0. The first kappa shape index (κ1) is 18.7. The van der Waals surface area contributed by atoms with Gasteiger partial charge in [-0.3, -0.25) is 4.79 Å². The number of hydrogen-bond donors (Lipinski definition) is 2. The number of benzene rings is 2. The first-order chi connectivity index (χ1) is 14.3. The average Bonchev–Trinajstić information content (AvgIpc) is 2.99. The lowest BCUT2D eigenvalue weighted by Crippen LogP contribution is -2.16. The Balaban J connectivity index is 1.84. The molecule has 5 rings (SSSR count). The topological polar surface area (TPSA) is 84.0 Å². The van der Waals surface area contributed by atoms with Gasteiger partial charge in [0.05, 0.1) is 11.8 Å². The second kappa shape index (κ2) is 6.60. The highest BCUT2D eigenvalue weighted by Gasteiger charge is 2.27. The van der Waals surface area contributed by atoms with Crippen LogP contribution in [0, 0.1) is 0 Å². The predicted molar refractivity (Wildman–Crippen MR) is 119 cm³/mol. The van der Waals surface area contributed by atoms with Crippen LogP contribution < -0.4 is 10.9 Å². The molecule has 0 amide bonds. The minimum absolute atomic E-state index is 0.0272. The molecule has 0 spiro atoms. The Bertz CT molecular complexity index is 1450. The fourth-order valence-corrected chi connectivity index (χ4v) is 5.17. The quantitative estimate of drug-likeness (QED) is 0.532. The summed E-state index contributed by atoms with van der Waals surface area (Å²) in [5.74, 6) is -0.0272. The minimum Gasteiger partial charge on any atom is -0.374 e. The summed E-state index contributed by atoms with van der Waals surface area (Å²) < 4.78 is 25.5. The maximum Gasteiger partial charge on any atom is 0.272 e. The van der Waals surface area contributed by atoms with Crippen LogP contribution in [0.5, 0.6) is 0 Å². The van der Waals surface area contributed by atoms with E-state index in [1.807, 2.05) is 54.2 Å². The van der Waals surface area contributed by atoms with Gasteiger partial charge in [-0.2, -0.15) is 0 Å². The molecule has 2 aromatic carbocycles. The molecule has 4 aromatic rings. The molecule has 0 fully saturated rings. The molecular weight excluding hydrogens is 398 g/mol. The Hall–Kier alpha value is -3.32. The molecule has 0 bridgehead atoms. The summed E-state index contributed by atoms with van der Waals surface area (Å²) in [4.78, 5) is 15.5. The van der Waals surface area contributed by atoms with Crippen LogP contribution in [0.4, 0.5) is 5.69 Å². The van der Waals surface area contributed by atoms with Crippen LogP contribution in [0.1, 0.15) is 22.7 Å². The van der Waals surface area contributed by atoms with Gasteiger partial charge in [0.2, 0.25) is 0 Å². The Morgan fingerprint density at radius 1 is 1.07 bits per heavy atom. The molecule has 0 saturated heterocycles. The van der Waals surface area contributed by atoms with Crippen LogP contribution in [-0.2, 0) is 22.6 Å². The maximum atomic E-state index is 12.7. The van der Waals surface area contributed by atoms with E-state index in [0.717, 1.165) is 38.9 Å². The summed E-state index contributed by atoms with van der Waals surface area (Å²) in [7, 11) is -1.30. The van der Waals surface area contributed by atoms with E-state index in [2.05, 4.69) is 22.4 Å². The van der Waals surface area contributed by atoms with Crippen molar-refractivity contribution in [1.29, 1.82) is 0 Å². The highest BCUT2D eigenvalue weighted by molar-refractivity contribution is 7.89. The van der Waals surface area contributed by atoms with E-state index in [9.17, 15) is 13.2 Å². The largest absolute Gasteiger partial charge is 0.374 e. The Morgan fingerprint density at radius 3 is 2.57 bits per heavy atom. The number of aromatic nitrogens is 2. The average molecular weight is 420 g/mol. The van der Waals surface area contributed by atoms with E-state index < -0.39 is 9.84 Å². The van der Waals surface area contributed by atoms with Gasteiger partial charge in [-0.25, -0.2) is 8.42 Å². The van der Waals surface area contributed by atoms with Crippen LogP contribution in [0.3, 0.4) is 0 Å². The number of sulfone groups is 1. The summed E-state index contributed by atoms with van der Waals surface area (Å²) >= 11 is 0. The van der Waals surface area contributed by atoms with Crippen LogP contribution in [0.25, 0.3) is 22.0 Å². The summed E-state index contributed by atoms with van der Waals surface area (Å²) in [6, 6.07) is 15.6. The third-order valence-electron chi connectivity index (χ3n) is 5.59. The molecule has 0 saturated carbocycles. The Kier molecular flexibility index (Phi) is 4.11. The number of anilines is 1. The van der Waals surface area contributed by atoms with Crippen molar-refractivity contribution in [2.24, 2.45) is 7.05 Å². The maximum absolute atomic E-state index is 12.7. The lowest BCUT2D eigenvalue weighted by atomic mass is 9.96. The summed E-state index contributed by atoms with van der Waals surface area (Å²) in [5.41, 5.74) is 5.95. The van der Waals surface area contributed by atoms with Crippen molar-refractivity contribution in [1.82, 2.24) is 9.55 Å². The monoisotopic (exact) mass is 419 g/mol. The van der Waals surface area contributed by atoms with Crippen LogP contribution in [-0.4, -0.2) is 24.2 Å². The standard InChI is InChI=1S/C23H21N3O3S/c1-26-12-18-16-10-14(13-30(2,28)29)8-9-19(16)25-21(15-6-4-3-5-7-15)17-11-24-23(27)22(26)20(17)18/h3-12,21,25H,13H2,1-2H3,(H,24,27). The zero-order chi connectivity index (χ0) is 21.0. The van der Waals surface area contributed by atoms with Gasteiger partial charge < -0.3 is 14.9 Å². The van der Waals surface area contributed by atoms with E-state index in [4.69, 9.17) is 0 Å². The van der Waals surface area contributed by atoms with Gasteiger partial charge >= 0.3 is 0 Å². The van der Waals surface area contributed by atoms with Crippen molar-refractivity contribution in [2.75, 3.05) is 11.6 Å². The molecule has 6 nitrogen and oxygen atoms in total. The summed E-state index contributed by atoms with van der Waals surface area (Å²) in [5, 5.41) is 4.50. The van der Waals surface area contributed by atoms with Gasteiger partial charge in [0.1, 0.15) is 5.52 Å². The van der Waals surface area contributed by atoms with Crippen LogP contribution >= 0.6 is 0 Å². The predicted octanol–water partition coefficient (Wildman–Crippen LogP) is 3.59. The number of H-pyrrole nitrogens is 1. The number of pyridine rings is 1. The van der Waals surface area contributed by atoms with E-state index >= 15 is 0 Å². The molecule has 7 heteroatoms. The lowest BCUT2D eigenvalue weighted by Gasteiger charge is -2.21. The molecule has 3 heterocycles. The van der Waals surface area contributed by atoms with Crippen molar-refractivity contribution in [3.05, 3.63) is 88.0 Å². The molecule has 1 aliphatic heterocycles.